The number of esters is 1. The van der Waals surface area contributed by atoms with Gasteiger partial charge in [0.1, 0.15) is 5.52 Å². The molecule has 1 heterocycles. The zero-order valence-corrected chi connectivity index (χ0v) is 11.4. The summed E-state index contributed by atoms with van der Waals surface area (Å²) < 4.78 is 18.9. The Bertz CT molecular complexity index is 721. The second-order valence-electron chi connectivity index (χ2n) is 5.18. The minimum Gasteiger partial charge on any atom is -0.469 e. The molecule has 1 aromatic carbocycles. The number of ether oxygens (including phenoxy) is 1. The number of hydrogen-bond acceptors (Lipinski definition) is 4. The molecule has 3 rings (SSSR count). The zero-order valence-electron chi connectivity index (χ0n) is 11.4. The number of hydrogen-bond donors (Lipinski definition) is 2. The number of amides is 1. The highest BCUT2D eigenvalue weighted by atomic mass is 19.1. The van der Waals surface area contributed by atoms with Crippen LogP contribution in [0, 0.1) is 11.2 Å². The minimum atomic E-state index is -0.672. The topological polar surface area (TPSA) is 84.1 Å². The van der Waals surface area contributed by atoms with Crippen molar-refractivity contribution >= 4 is 22.9 Å². The molecule has 0 atom stereocenters. The molecule has 1 aliphatic rings. The van der Waals surface area contributed by atoms with Gasteiger partial charge in [-0.1, -0.05) is 0 Å². The summed E-state index contributed by atoms with van der Waals surface area (Å²) in [5.41, 5.74) is -0.0820. The predicted octanol–water partition coefficient (Wildman–Crippen LogP) is 1.38. The number of carbonyl (C=O) groups excluding carboxylic acids is 2. The van der Waals surface area contributed by atoms with E-state index >= 15 is 0 Å². The summed E-state index contributed by atoms with van der Waals surface area (Å²) in [7, 11) is 1.31. The molecule has 1 saturated carbocycles. The summed E-state index contributed by atoms with van der Waals surface area (Å²) in [6.07, 6.45) is 2.70. The lowest BCUT2D eigenvalue weighted by Crippen LogP contribution is -2.35. The second kappa shape index (κ2) is 4.83. The van der Waals surface area contributed by atoms with Crippen LogP contribution in [0.15, 0.2) is 18.5 Å². The van der Waals surface area contributed by atoms with Crippen LogP contribution in [-0.4, -0.2) is 35.5 Å². The van der Waals surface area contributed by atoms with Gasteiger partial charge in [-0.15, -0.1) is 0 Å². The van der Waals surface area contributed by atoms with Gasteiger partial charge in [-0.05, 0) is 25.0 Å². The van der Waals surface area contributed by atoms with Crippen LogP contribution in [0.5, 0.6) is 0 Å². The van der Waals surface area contributed by atoms with E-state index in [1.54, 1.807) is 6.07 Å². The van der Waals surface area contributed by atoms with Crippen LogP contribution in [0.4, 0.5) is 4.39 Å². The Kier molecular flexibility index (Phi) is 3.12. The average Bonchev–Trinajstić information content (AvgIpc) is 3.13. The highest BCUT2D eigenvalue weighted by Gasteiger charge is 2.51. The molecule has 2 aromatic rings. The normalized spacial score (nSPS) is 15.7. The molecule has 0 spiro atoms. The van der Waals surface area contributed by atoms with Crippen molar-refractivity contribution in [2.24, 2.45) is 5.41 Å². The van der Waals surface area contributed by atoms with Crippen LogP contribution >= 0.6 is 0 Å². The number of methoxy groups -OCH3 is 1. The van der Waals surface area contributed by atoms with Crippen LogP contribution in [0.3, 0.4) is 0 Å². The first-order chi connectivity index (χ1) is 10.1. The van der Waals surface area contributed by atoms with E-state index in [-0.39, 0.29) is 23.6 Å². The van der Waals surface area contributed by atoms with Crippen molar-refractivity contribution in [3.05, 3.63) is 29.8 Å². The lowest BCUT2D eigenvalue weighted by molar-refractivity contribution is -0.146. The summed E-state index contributed by atoms with van der Waals surface area (Å²) in [5, 5.41) is 2.60. The summed E-state index contributed by atoms with van der Waals surface area (Å²) in [5.74, 6) is -1.58. The van der Waals surface area contributed by atoms with Gasteiger partial charge in [0.25, 0.3) is 5.91 Å². The van der Waals surface area contributed by atoms with Crippen molar-refractivity contribution in [2.75, 3.05) is 13.7 Å². The van der Waals surface area contributed by atoms with Gasteiger partial charge in [0, 0.05) is 6.54 Å². The lowest BCUT2D eigenvalue weighted by atomic mass is 10.1. The van der Waals surface area contributed by atoms with Gasteiger partial charge in [0.05, 0.1) is 29.9 Å². The third kappa shape index (κ3) is 2.24. The second-order valence-corrected chi connectivity index (χ2v) is 5.18. The first kappa shape index (κ1) is 13.5. The van der Waals surface area contributed by atoms with Gasteiger partial charge in [-0.25, -0.2) is 9.37 Å². The Balaban J connectivity index is 1.76. The maximum absolute atomic E-state index is 14.2. The third-order valence-electron chi connectivity index (χ3n) is 3.83. The average molecular weight is 291 g/mol. The molecule has 1 aliphatic carbocycles. The fourth-order valence-corrected chi connectivity index (χ4v) is 2.31. The quantitative estimate of drug-likeness (QED) is 0.834. The number of nitrogens with one attached hydrogen (secondary N) is 2. The van der Waals surface area contributed by atoms with Gasteiger partial charge in [0.2, 0.25) is 0 Å². The van der Waals surface area contributed by atoms with Gasteiger partial charge in [-0.3, -0.25) is 9.59 Å². The van der Waals surface area contributed by atoms with Gasteiger partial charge in [0.15, 0.2) is 5.82 Å². The number of aromatic amines is 1. The molecule has 0 radical (unpaired) electrons. The first-order valence-electron chi connectivity index (χ1n) is 6.55. The van der Waals surface area contributed by atoms with E-state index in [0.717, 1.165) is 0 Å². The number of nitrogens with zero attached hydrogens (tertiary/aromatic N) is 1. The van der Waals surface area contributed by atoms with Crippen molar-refractivity contribution in [3.63, 3.8) is 0 Å². The van der Waals surface area contributed by atoms with E-state index in [0.29, 0.717) is 18.4 Å². The van der Waals surface area contributed by atoms with Gasteiger partial charge in [-0.2, -0.15) is 0 Å². The van der Waals surface area contributed by atoms with E-state index in [1.165, 1.54) is 19.5 Å². The molecule has 21 heavy (non-hydrogen) atoms. The monoisotopic (exact) mass is 291 g/mol. The van der Waals surface area contributed by atoms with E-state index in [9.17, 15) is 14.0 Å². The van der Waals surface area contributed by atoms with Crippen LogP contribution in [-0.2, 0) is 9.53 Å². The van der Waals surface area contributed by atoms with Crippen LogP contribution in [0.2, 0.25) is 0 Å². The summed E-state index contributed by atoms with van der Waals surface area (Å²) in [6, 6.07) is 2.98. The SMILES string of the molecule is COC(=O)C1(CNC(=O)c2ccc3[nH]cnc3c2F)CC1. The molecule has 1 fully saturated rings. The molecule has 2 N–H and O–H groups in total. The van der Waals surface area contributed by atoms with Crippen molar-refractivity contribution in [1.82, 2.24) is 15.3 Å². The van der Waals surface area contributed by atoms with E-state index in [1.807, 2.05) is 0 Å². The maximum atomic E-state index is 14.2. The zero-order chi connectivity index (χ0) is 15.0. The minimum absolute atomic E-state index is 0.0877. The summed E-state index contributed by atoms with van der Waals surface area (Å²) in [4.78, 5) is 30.3. The van der Waals surface area contributed by atoms with E-state index in [2.05, 4.69) is 15.3 Å². The van der Waals surface area contributed by atoms with Crippen molar-refractivity contribution < 1.29 is 18.7 Å². The Morgan fingerprint density at radius 1 is 1.48 bits per heavy atom. The Morgan fingerprint density at radius 3 is 2.90 bits per heavy atom. The number of aromatic nitrogens is 2. The third-order valence-corrected chi connectivity index (χ3v) is 3.83. The van der Waals surface area contributed by atoms with Gasteiger partial charge < -0.3 is 15.0 Å². The summed E-state index contributed by atoms with van der Waals surface area (Å²) in [6.45, 7) is 0.149. The molecule has 0 unspecified atom stereocenters. The molecule has 6 nitrogen and oxygen atoms in total. The first-order valence-corrected chi connectivity index (χ1v) is 6.55. The van der Waals surface area contributed by atoms with Crippen molar-refractivity contribution in [3.8, 4) is 0 Å². The summed E-state index contributed by atoms with van der Waals surface area (Å²) >= 11 is 0. The fraction of sp³-hybridized carbons (Fsp3) is 0.357. The largest absolute Gasteiger partial charge is 0.469 e. The number of carbonyl (C=O) groups is 2. The van der Waals surface area contributed by atoms with Crippen LogP contribution < -0.4 is 5.32 Å². The van der Waals surface area contributed by atoms with Gasteiger partial charge >= 0.3 is 5.97 Å². The standard InChI is InChI=1S/C14H14FN3O3/c1-21-13(20)14(4-5-14)6-16-12(19)8-2-3-9-11(10(8)15)18-7-17-9/h2-3,7H,4-6H2,1H3,(H,16,19)(H,17,18). The van der Waals surface area contributed by atoms with Crippen LogP contribution in [0.25, 0.3) is 11.0 Å². The van der Waals surface area contributed by atoms with Crippen molar-refractivity contribution in [1.29, 1.82) is 0 Å². The molecule has 0 saturated heterocycles. The number of rotatable bonds is 4. The molecular formula is C14H14FN3O3. The molecule has 0 bridgehead atoms. The van der Waals surface area contributed by atoms with Crippen LogP contribution in [0.1, 0.15) is 23.2 Å². The van der Waals surface area contributed by atoms with E-state index < -0.39 is 17.1 Å². The molecule has 110 valence electrons. The van der Waals surface area contributed by atoms with E-state index in [4.69, 9.17) is 4.74 Å². The number of H-pyrrole nitrogens is 1. The molecule has 1 amide bonds. The number of imidazole rings is 1. The molecule has 7 heteroatoms. The molecule has 1 aromatic heterocycles. The predicted molar refractivity (Wildman–Crippen MR) is 72.1 cm³/mol. The number of halogens is 1. The Hall–Kier alpha value is -2.44. The highest BCUT2D eigenvalue weighted by molar-refractivity contribution is 5.98. The molecular weight excluding hydrogens is 277 g/mol. The van der Waals surface area contributed by atoms with Crippen molar-refractivity contribution in [2.45, 2.75) is 12.8 Å². The number of benzene rings is 1. The number of fused-ring (bicyclic) bond motifs is 1. The maximum Gasteiger partial charge on any atom is 0.313 e. The lowest BCUT2D eigenvalue weighted by Gasteiger charge is -2.13. The highest BCUT2D eigenvalue weighted by Crippen LogP contribution is 2.46. The molecule has 0 aliphatic heterocycles. The smallest absolute Gasteiger partial charge is 0.313 e. The Morgan fingerprint density at radius 2 is 2.24 bits per heavy atom. The fourth-order valence-electron chi connectivity index (χ4n) is 2.31. The Labute approximate surface area is 119 Å².